The molecular weight excluding hydrogens is 758 g/mol. The largest absolute Gasteiger partial charge is 0.748 e. The zero-order chi connectivity index (χ0) is 36.7. The second-order valence-electron chi connectivity index (χ2n) is 12.4. The van der Waals surface area contributed by atoms with Gasteiger partial charge >= 0.3 is 0 Å². The fourth-order valence-electron chi connectivity index (χ4n) is 6.70. The van der Waals surface area contributed by atoms with Crippen LogP contribution in [0.2, 0.25) is 5.02 Å². The van der Waals surface area contributed by atoms with Crippen molar-refractivity contribution < 1.29 is 45.8 Å². The first-order chi connectivity index (χ1) is 24.1. The summed E-state index contributed by atoms with van der Waals surface area (Å²) in [4.78, 5) is 25.2. The molecular formula is C34H32ClN3O9S4-2. The van der Waals surface area contributed by atoms with Gasteiger partial charge in [0.25, 0.3) is 5.01 Å². The van der Waals surface area contributed by atoms with Crippen LogP contribution in [0, 0.1) is 0 Å². The Hall–Kier alpha value is -3.51. The molecule has 1 N–H and O–H groups in total. The van der Waals surface area contributed by atoms with E-state index in [0.29, 0.717) is 37.3 Å². The van der Waals surface area contributed by atoms with E-state index in [0.717, 1.165) is 35.5 Å². The molecule has 51 heavy (non-hydrogen) atoms. The second kappa shape index (κ2) is 14.5. The van der Waals surface area contributed by atoms with Crippen molar-refractivity contribution in [2.24, 2.45) is 0 Å². The molecule has 3 atom stereocenters. The average molecular weight is 790 g/mol. The van der Waals surface area contributed by atoms with Gasteiger partial charge in [-0.05, 0) is 74.2 Å². The maximum Gasteiger partial charge on any atom is 0.263 e. The number of fused-ring (bicyclic) bond motifs is 3. The highest BCUT2D eigenvalue weighted by Gasteiger charge is 2.58. The lowest BCUT2D eigenvalue weighted by atomic mass is 9.63. The van der Waals surface area contributed by atoms with Gasteiger partial charge in [-0.2, -0.15) is 4.57 Å². The number of carboxylic acid groups (broad SMARTS) is 2. The van der Waals surface area contributed by atoms with E-state index in [2.05, 4.69) is 9.29 Å². The number of hydrogen-bond donors (Lipinski definition) is 1. The van der Waals surface area contributed by atoms with Crippen LogP contribution in [0.5, 0.6) is 0 Å². The summed E-state index contributed by atoms with van der Waals surface area (Å²) < 4.78 is 68.9. The highest BCUT2D eigenvalue weighted by molar-refractivity contribution is 8.03. The Morgan fingerprint density at radius 3 is 2.45 bits per heavy atom. The van der Waals surface area contributed by atoms with Crippen LogP contribution in [0.15, 0.2) is 81.4 Å². The summed E-state index contributed by atoms with van der Waals surface area (Å²) in [6, 6.07) is 17.0. The highest BCUT2D eigenvalue weighted by Crippen LogP contribution is 2.63. The van der Waals surface area contributed by atoms with Crippen LogP contribution in [-0.4, -0.2) is 57.7 Å². The average Bonchev–Trinajstić information content (AvgIpc) is 3.57. The normalized spacial score (nSPS) is 20.0. The van der Waals surface area contributed by atoms with Crippen molar-refractivity contribution in [2.75, 3.05) is 18.0 Å². The van der Waals surface area contributed by atoms with Gasteiger partial charge in [0.2, 0.25) is 15.5 Å². The van der Waals surface area contributed by atoms with Gasteiger partial charge in [0.15, 0.2) is 6.54 Å². The highest BCUT2D eigenvalue weighted by atomic mass is 35.5. The Morgan fingerprint density at radius 1 is 1.08 bits per heavy atom. The predicted molar refractivity (Wildman–Crippen MR) is 189 cm³/mol. The van der Waals surface area contributed by atoms with Crippen molar-refractivity contribution in [3.63, 3.8) is 0 Å². The molecule has 12 nitrogen and oxygen atoms in total. The molecule has 0 radical (unpaired) electrons. The number of thiazole rings is 1. The molecule has 1 aliphatic heterocycles. The lowest BCUT2D eigenvalue weighted by molar-refractivity contribution is -0.669. The minimum absolute atomic E-state index is 0.0825. The molecule has 2 heterocycles. The van der Waals surface area contributed by atoms with E-state index in [1.54, 1.807) is 6.07 Å². The van der Waals surface area contributed by atoms with E-state index in [-0.39, 0.29) is 17.1 Å². The van der Waals surface area contributed by atoms with Crippen molar-refractivity contribution in [3.05, 3.63) is 87.2 Å². The molecule has 1 spiro atoms. The molecule has 270 valence electrons. The van der Waals surface area contributed by atoms with Gasteiger partial charge in [0, 0.05) is 51.0 Å². The summed E-state index contributed by atoms with van der Waals surface area (Å²) in [5.41, 5.74) is 1.00. The fourth-order valence-corrected chi connectivity index (χ4v) is 11.9. The minimum atomic E-state index is -4.57. The number of aryl methyl sites for hydroxylation is 1. The summed E-state index contributed by atoms with van der Waals surface area (Å²) in [6.07, 6.45) is 3.85. The predicted octanol–water partition coefficient (Wildman–Crippen LogP) is 2.39. The first kappa shape index (κ1) is 37.3. The van der Waals surface area contributed by atoms with Crippen LogP contribution >= 0.6 is 34.7 Å². The monoisotopic (exact) mass is 789 g/mol. The fraction of sp³-hybridized carbons (Fsp3) is 0.324. The van der Waals surface area contributed by atoms with Gasteiger partial charge in [-0.25, -0.2) is 21.6 Å². The lowest BCUT2D eigenvalue weighted by Gasteiger charge is -2.49. The number of nitrogens with zero attached hydrogens (tertiary/aromatic N) is 2. The van der Waals surface area contributed by atoms with Crippen molar-refractivity contribution in [3.8, 4) is 0 Å². The molecule has 1 aromatic heterocycles. The zero-order valence-corrected chi connectivity index (χ0v) is 31.1. The topological polar surface area (TPSA) is 191 Å². The first-order valence-electron chi connectivity index (χ1n) is 15.9. The van der Waals surface area contributed by atoms with Crippen molar-refractivity contribution in [2.45, 2.75) is 65.6 Å². The number of aliphatic carboxylic acids is 2. The number of nitrogens with one attached hydrogen (secondary N) is 1. The smallest absolute Gasteiger partial charge is 0.263 e. The van der Waals surface area contributed by atoms with Crippen LogP contribution in [0.1, 0.15) is 43.2 Å². The molecule has 4 aromatic rings. The van der Waals surface area contributed by atoms with Gasteiger partial charge in [-0.1, -0.05) is 52.9 Å². The van der Waals surface area contributed by atoms with Gasteiger partial charge < -0.3 is 29.3 Å². The first-order valence-corrected chi connectivity index (χ1v) is 20.9. The van der Waals surface area contributed by atoms with E-state index < -0.39 is 55.3 Å². The van der Waals surface area contributed by atoms with Crippen LogP contribution in [0.25, 0.3) is 16.3 Å². The number of hydrogen-bond acceptors (Lipinski definition) is 12. The van der Waals surface area contributed by atoms with Crippen LogP contribution in [0.4, 0.5) is 5.69 Å². The quantitative estimate of drug-likeness (QED) is 0.112. The molecule has 1 fully saturated rings. The second-order valence-corrected chi connectivity index (χ2v) is 18.3. The van der Waals surface area contributed by atoms with E-state index >= 15 is 0 Å². The summed E-state index contributed by atoms with van der Waals surface area (Å²) in [5, 5.41) is 22.9. The SMILES string of the molecule is CC(C(=O)[O-])N(CC(=O)[O-])c1ccc(S(=O)(=O)NCCCC[n+]2c(/C=C3\Sc4ccccc4C34CCC4S(=O)(=O)[O-])sc3ccc(Cl)cc32)cc1. The van der Waals surface area contributed by atoms with Crippen LogP contribution in [-0.2, 0) is 41.7 Å². The molecule has 17 heteroatoms. The third-order valence-corrected chi connectivity index (χ3v) is 14.8. The number of halogens is 1. The zero-order valence-electron chi connectivity index (χ0n) is 27.1. The van der Waals surface area contributed by atoms with E-state index in [1.807, 2.05) is 42.5 Å². The third-order valence-electron chi connectivity index (χ3n) is 9.36. The van der Waals surface area contributed by atoms with Gasteiger partial charge in [-0.15, -0.1) is 0 Å². The molecule has 0 saturated heterocycles. The van der Waals surface area contributed by atoms with Crippen molar-refractivity contribution in [1.29, 1.82) is 0 Å². The van der Waals surface area contributed by atoms with Crippen molar-refractivity contribution in [1.82, 2.24) is 4.72 Å². The summed E-state index contributed by atoms with van der Waals surface area (Å²) >= 11 is 9.38. The summed E-state index contributed by atoms with van der Waals surface area (Å²) in [5.74, 6) is -3.00. The molecule has 3 aromatic carbocycles. The number of allylic oxidation sites excluding steroid dienone is 1. The van der Waals surface area contributed by atoms with Crippen LogP contribution in [0.3, 0.4) is 0 Å². The van der Waals surface area contributed by atoms with E-state index in [1.165, 1.54) is 54.3 Å². The molecule has 0 bridgehead atoms. The standard InChI is InChI=1S/C34H34ClN3O9S4/c1-21(33(41)42)38(20-32(39)40)23-9-11-24(12-10-23)50(43,44)36-16-4-5-17-37-26-18-22(35)8-13-28(26)49-31(37)19-29-34(15-14-30(34)51(45,46)47)25-6-2-3-7-27(25)48-29/h2-3,6-13,18-19,21,30,36H,4-5,14-17,20H2,1H3,(H2-,39,40,41,42,45,46,47)/p-2/b29-19-. The summed E-state index contributed by atoms with van der Waals surface area (Å²) in [6.45, 7) is 1.14. The Kier molecular flexibility index (Phi) is 10.6. The minimum Gasteiger partial charge on any atom is -0.748 e. The Balaban J connectivity index is 1.18. The molecule has 1 aliphatic carbocycles. The number of aromatic nitrogens is 1. The number of rotatable bonds is 14. The van der Waals surface area contributed by atoms with Crippen LogP contribution < -0.4 is 24.4 Å². The van der Waals surface area contributed by atoms with Gasteiger partial charge in [0.05, 0.1) is 44.8 Å². The Morgan fingerprint density at radius 2 is 1.80 bits per heavy atom. The van der Waals surface area contributed by atoms with Gasteiger partial charge in [0.1, 0.15) is 4.70 Å². The molecule has 0 amide bonds. The number of sulfonamides is 1. The molecule has 1 saturated carbocycles. The number of carbonyl (C=O) groups is 2. The maximum absolute atomic E-state index is 13.0. The van der Waals surface area contributed by atoms with E-state index in [4.69, 9.17) is 11.6 Å². The van der Waals surface area contributed by atoms with Gasteiger partial charge in [-0.3, -0.25) is 0 Å². The lowest BCUT2D eigenvalue weighted by Crippen LogP contribution is -2.52. The Bertz CT molecular complexity index is 2260. The number of carboxylic acids is 2. The maximum atomic E-state index is 13.0. The number of benzene rings is 3. The molecule has 3 unspecified atom stereocenters. The molecule has 6 rings (SSSR count). The summed E-state index contributed by atoms with van der Waals surface area (Å²) in [7, 11) is -8.52. The number of thioether (sulfide) groups is 1. The number of unbranched alkanes of at least 4 members (excludes halogenated alkanes) is 1. The number of carbonyl (C=O) groups excluding carboxylic acids is 2. The van der Waals surface area contributed by atoms with Crippen molar-refractivity contribution >= 4 is 88.8 Å². The Labute approximate surface area is 308 Å². The van der Waals surface area contributed by atoms with E-state index in [9.17, 15) is 41.2 Å². The number of anilines is 1. The third kappa shape index (κ3) is 7.40. The molecule has 2 aliphatic rings.